The number of likely N-dealkylation sites (tertiary alicyclic amines) is 1. The first-order chi connectivity index (χ1) is 8.37. The van der Waals surface area contributed by atoms with Crippen LogP contribution in [0.1, 0.15) is 31.4 Å². The molecule has 98 valence electrons. The van der Waals surface area contributed by atoms with Crippen molar-refractivity contribution in [3.8, 4) is 0 Å². The number of amidine groups is 1. The molecule has 0 radical (unpaired) electrons. The van der Waals surface area contributed by atoms with Gasteiger partial charge in [0.1, 0.15) is 11.7 Å². The molecule has 0 atom stereocenters. The van der Waals surface area contributed by atoms with Crippen molar-refractivity contribution in [1.82, 2.24) is 4.90 Å². The van der Waals surface area contributed by atoms with Crippen LogP contribution in [0.4, 0.5) is 4.39 Å². The van der Waals surface area contributed by atoms with Crippen LogP contribution in [-0.2, 0) is 6.54 Å². The first-order valence-electron chi connectivity index (χ1n) is 6.23. The molecule has 18 heavy (non-hydrogen) atoms. The average Bonchev–Trinajstić information content (AvgIpc) is 2.61. The maximum atomic E-state index is 13.9. The smallest absolute Gasteiger partial charge is 0.128 e. The van der Waals surface area contributed by atoms with Crippen LogP contribution in [0, 0.1) is 16.6 Å². The summed E-state index contributed by atoms with van der Waals surface area (Å²) in [7, 11) is 0. The zero-order valence-electron chi connectivity index (χ0n) is 11.0. The molecule has 1 fully saturated rings. The normalized spacial score (nSPS) is 19.1. The van der Waals surface area contributed by atoms with E-state index in [-0.39, 0.29) is 11.7 Å². The number of nitrogen functional groups attached to an aromatic ring is 1. The highest BCUT2D eigenvalue weighted by molar-refractivity contribution is 5.94. The summed E-state index contributed by atoms with van der Waals surface area (Å²) >= 11 is 0. The standard InChI is InChI=1S/C14H20FN3/c1-14(2)5-6-18(9-14)8-11-4-3-10(13(16)17)7-12(11)15/h3-4,7H,5-6,8-9H2,1-2H3,(H3,16,17). The predicted octanol–water partition coefficient (Wildman–Crippen LogP) is 2.34. The fourth-order valence-electron chi connectivity index (χ4n) is 2.44. The van der Waals surface area contributed by atoms with Gasteiger partial charge >= 0.3 is 0 Å². The Morgan fingerprint density at radius 2 is 2.22 bits per heavy atom. The Morgan fingerprint density at radius 1 is 1.50 bits per heavy atom. The molecule has 1 aliphatic heterocycles. The summed E-state index contributed by atoms with van der Waals surface area (Å²) in [6, 6.07) is 4.79. The van der Waals surface area contributed by atoms with Crippen LogP contribution in [0.15, 0.2) is 18.2 Å². The molecule has 0 saturated carbocycles. The summed E-state index contributed by atoms with van der Waals surface area (Å²) in [6.45, 7) is 7.12. The zero-order chi connectivity index (χ0) is 13.3. The van der Waals surface area contributed by atoms with Gasteiger partial charge in [0.2, 0.25) is 0 Å². The van der Waals surface area contributed by atoms with Gasteiger partial charge in [0, 0.05) is 24.2 Å². The van der Waals surface area contributed by atoms with Gasteiger partial charge in [-0.3, -0.25) is 10.3 Å². The number of benzene rings is 1. The Kier molecular flexibility index (Phi) is 3.39. The molecule has 0 spiro atoms. The predicted molar refractivity (Wildman–Crippen MR) is 71.1 cm³/mol. The van der Waals surface area contributed by atoms with E-state index < -0.39 is 0 Å². The Bertz CT molecular complexity index is 468. The van der Waals surface area contributed by atoms with Crippen molar-refractivity contribution in [1.29, 1.82) is 5.41 Å². The Labute approximate surface area is 107 Å². The molecule has 1 aromatic rings. The van der Waals surface area contributed by atoms with Crippen LogP contribution in [-0.4, -0.2) is 23.8 Å². The van der Waals surface area contributed by atoms with Gasteiger partial charge in [-0.25, -0.2) is 4.39 Å². The molecule has 0 bridgehead atoms. The fraction of sp³-hybridized carbons (Fsp3) is 0.500. The highest BCUT2D eigenvalue weighted by atomic mass is 19.1. The van der Waals surface area contributed by atoms with E-state index in [0.717, 1.165) is 19.5 Å². The minimum Gasteiger partial charge on any atom is -0.384 e. The third-order valence-electron chi connectivity index (χ3n) is 3.51. The molecule has 2 rings (SSSR count). The molecule has 3 nitrogen and oxygen atoms in total. The summed E-state index contributed by atoms with van der Waals surface area (Å²) in [6.07, 6.45) is 1.15. The first-order valence-corrected chi connectivity index (χ1v) is 6.23. The Balaban J connectivity index is 2.09. The quantitative estimate of drug-likeness (QED) is 0.638. The van der Waals surface area contributed by atoms with Crippen LogP contribution in [0.3, 0.4) is 0 Å². The van der Waals surface area contributed by atoms with Crippen molar-refractivity contribution >= 4 is 5.84 Å². The van der Waals surface area contributed by atoms with E-state index in [4.69, 9.17) is 11.1 Å². The number of nitrogens with two attached hydrogens (primary N) is 1. The maximum Gasteiger partial charge on any atom is 0.128 e. The third-order valence-corrected chi connectivity index (χ3v) is 3.51. The number of nitrogens with one attached hydrogen (secondary N) is 1. The highest BCUT2D eigenvalue weighted by Gasteiger charge is 2.29. The largest absolute Gasteiger partial charge is 0.384 e. The SMILES string of the molecule is CC1(C)CCN(Cc2ccc(C(=N)N)cc2F)C1. The number of nitrogens with zero attached hydrogens (tertiary/aromatic N) is 1. The van der Waals surface area contributed by atoms with E-state index in [9.17, 15) is 4.39 Å². The van der Waals surface area contributed by atoms with Gasteiger partial charge in [-0.1, -0.05) is 26.0 Å². The van der Waals surface area contributed by atoms with Crippen LogP contribution in [0.2, 0.25) is 0 Å². The van der Waals surface area contributed by atoms with E-state index in [2.05, 4.69) is 18.7 Å². The van der Waals surface area contributed by atoms with Crippen LogP contribution < -0.4 is 5.73 Å². The Morgan fingerprint density at radius 3 is 2.72 bits per heavy atom. The van der Waals surface area contributed by atoms with Crippen LogP contribution >= 0.6 is 0 Å². The molecule has 1 aromatic carbocycles. The molecule has 1 heterocycles. The molecule has 0 amide bonds. The van der Waals surface area contributed by atoms with Crippen molar-refractivity contribution in [2.24, 2.45) is 11.1 Å². The van der Waals surface area contributed by atoms with E-state index in [1.54, 1.807) is 12.1 Å². The molecular weight excluding hydrogens is 229 g/mol. The minimum atomic E-state index is -0.271. The van der Waals surface area contributed by atoms with Crippen LogP contribution in [0.25, 0.3) is 0 Å². The van der Waals surface area contributed by atoms with Gasteiger partial charge in [-0.15, -0.1) is 0 Å². The summed E-state index contributed by atoms with van der Waals surface area (Å²) in [4.78, 5) is 2.27. The molecular formula is C14H20FN3. The highest BCUT2D eigenvalue weighted by Crippen LogP contribution is 2.30. The fourth-order valence-corrected chi connectivity index (χ4v) is 2.44. The molecule has 1 saturated heterocycles. The van der Waals surface area contributed by atoms with Gasteiger partial charge in [0.15, 0.2) is 0 Å². The maximum absolute atomic E-state index is 13.9. The Hall–Kier alpha value is -1.42. The van der Waals surface area contributed by atoms with Gasteiger partial charge in [0.25, 0.3) is 0 Å². The minimum absolute atomic E-state index is 0.0947. The van der Waals surface area contributed by atoms with Crippen LogP contribution in [0.5, 0.6) is 0 Å². The number of halogens is 1. The van der Waals surface area contributed by atoms with E-state index in [1.807, 2.05) is 0 Å². The summed E-state index contributed by atoms with van der Waals surface area (Å²) in [5.41, 5.74) is 6.79. The lowest BCUT2D eigenvalue weighted by Crippen LogP contribution is -2.23. The van der Waals surface area contributed by atoms with Gasteiger partial charge in [0.05, 0.1) is 0 Å². The zero-order valence-corrected chi connectivity index (χ0v) is 11.0. The van der Waals surface area contributed by atoms with Crippen molar-refractivity contribution in [2.45, 2.75) is 26.8 Å². The second kappa shape index (κ2) is 4.69. The average molecular weight is 249 g/mol. The van der Waals surface area contributed by atoms with Crippen molar-refractivity contribution in [2.75, 3.05) is 13.1 Å². The molecule has 4 heteroatoms. The summed E-state index contributed by atoms with van der Waals surface area (Å²) in [5, 5.41) is 7.28. The lowest BCUT2D eigenvalue weighted by Gasteiger charge is -2.20. The number of hydrogen-bond donors (Lipinski definition) is 2. The monoisotopic (exact) mass is 249 g/mol. The lowest BCUT2D eigenvalue weighted by atomic mass is 9.93. The van der Waals surface area contributed by atoms with Gasteiger partial charge < -0.3 is 5.73 Å². The van der Waals surface area contributed by atoms with E-state index in [1.165, 1.54) is 6.07 Å². The van der Waals surface area contributed by atoms with E-state index in [0.29, 0.717) is 23.1 Å². The molecule has 1 aliphatic rings. The number of rotatable bonds is 3. The molecule has 0 aromatic heterocycles. The summed E-state index contributed by atoms with van der Waals surface area (Å²) in [5.74, 6) is -0.366. The lowest BCUT2D eigenvalue weighted by molar-refractivity contribution is 0.281. The number of hydrogen-bond acceptors (Lipinski definition) is 2. The van der Waals surface area contributed by atoms with Crippen molar-refractivity contribution in [3.63, 3.8) is 0 Å². The van der Waals surface area contributed by atoms with E-state index >= 15 is 0 Å². The molecule has 0 aliphatic carbocycles. The molecule has 0 unspecified atom stereocenters. The first kappa shape index (κ1) is 13.0. The summed E-state index contributed by atoms with van der Waals surface area (Å²) < 4.78 is 13.9. The van der Waals surface area contributed by atoms with Crippen molar-refractivity contribution in [3.05, 3.63) is 35.1 Å². The third kappa shape index (κ3) is 2.88. The second-order valence-electron chi connectivity index (χ2n) is 5.84. The van der Waals surface area contributed by atoms with Gasteiger partial charge in [-0.05, 0) is 24.4 Å². The topological polar surface area (TPSA) is 53.1 Å². The molecule has 3 N–H and O–H groups in total. The van der Waals surface area contributed by atoms with Crippen molar-refractivity contribution < 1.29 is 4.39 Å². The second-order valence-corrected chi connectivity index (χ2v) is 5.84. The van der Waals surface area contributed by atoms with Gasteiger partial charge in [-0.2, -0.15) is 0 Å².